The first-order chi connectivity index (χ1) is 7.99. The third-order valence-corrected chi connectivity index (χ3v) is 2.79. The van der Waals surface area contributed by atoms with Gasteiger partial charge in [0.2, 0.25) is 11.9 Å². The van der Waals surface area contributed by atoms with Crippen molar-refractivity contribution in [2.75, 3.05) is 19.6 Å². The van der Waals surface area contributed by atoms with Crippen LogP contribution in [0.5, 0.6) is 0 Å². The summed E-state index contributed by atoms with van der Waals surface area (Å²) < 4.78 is 0. The molecule has 1 aliphatic rings. The number of nitrogens with zero attached hydrogens (tertiary/aromatic N) is 2. The number of carbonyl (C=O) groups is 1. The Morgan fingerprint density at radius 1 is 1.47 bits per heavy atom. The Bertz CT molecular complexity index is 315. The molecule has 1 aliphatic heterocycles. The molecule has 1 heterocycles. The van der Waals surface area contributed by atoms with E-state index in [0.717, 1.165) is 25.9 Å². The molecule has 0 aromatic rings. The Hall–Kier alpha value is -1.79. The van der Waals surface area contributed by atoms with E-state index in [1.165, 1.54) is 6.92 Å². The normalized spacial score (nSPS) is 16.4. The topological polar surface area (TPSA) is 121 Å². The van der Waals surface area contributed by atoms with Gasteiger partial charge >= 0.3 is 0 Å². The van der Waals surface area contributed by atoms with Crippen molar-refractivity contribution in [3.05, 3.63) is 0 Å². The van der Waals surface area contributed by atoms with Crippen LogP contribution in [0.3, 0.4) is 0 Å². The smallest absolute Gasteiger partial charge is 0.221 e. The molecule has 0 spiro atoms. The summed E-state index contributed by atoms with van der Waals surface area (Å²) in [5.74, 6) is 0.501. The Morgan fingerprint density at radius 3 is 2.53 bits per heavy atom. The summed E-state index contributed by atoms with van der Waals surface area (Å²) in [5, 5.41) is 10.5. The van der Waals surface area contributed by atoms with Crippen LogP contribution in [0.4, 0.5) is 0 Å². The van der Waals surface area contributed by atoms with Crippen molar-refractivity contribution in [3.63, 3.8) is 0 Å². The van der Waals surface area contributed by atoms with Crippen LogP contribution in [0.1, 0.15) is 19.8 Å². The molecule has 7 nitrogen and oxygen atoms in total. The molecular weight excluding hydrogens is 220 g/mol. The SMILES string of the molecule is CC(=O)NCC1CCN(C(=N)N=C(N)N)CC1. The maximum Gasteiger partial charge on any atom is 0.221 e. The highest BCUT2D eigenvalue weighted by molar-refractivity contribution is 5.91. The molecule has 0 aromatic carbocycles. The Balaban J connectivity index is 2.33. The molecule has 0 bridgehead atoms. The van der Waals surface area contributed by atoms with Crippen LogP contribution < -0.4 is 16.8 Å². The fourth-order valence-corrected chi connectivity index (χ4v) is 1.83. The number of amides is 1. The van der Waals surface area contributed by atoms with Crippen LogP contribution in [0.15, 0.2) is 4.99 Å². The number of nitrogens with two attached hydrogens (primary N) is 2. The number of carbonyl (C=O) groups excluding carboxylic acids is 1. The maximum absolute atomic E-state index is 10.8. The minimum absolute atomic E-state index is 0.000628. The van der Waals surface area contributed by atoms with Gasteiger partial charge in [-0.25, -0.2) is 0 Å². The van der Waals surface area contributed by atoms with E-state index in [1.54, 1.807) is 0 Å². The molecule has 0 unspecified atom stereocenters. The number of nitrogens with one attached hydrogen (secondary N) is 2. The van der Waals surface area contributed by atoms with Gasteiger partial charge in [0, 0.05) is 26.6 Å². The van der Waals surface area contributed by atoms with Crippen LogP contribution in [0, 0.1) is 11.3 Å². The second-order valence-corrected chi connectivity index (χ2v) is 4.23. The van der Waals surface area contributed by atoms with Gasteiger partial charge in [-0.1, -0.05) is 0 Å². The molecule has 1 fully saturated rings. The van der Waals surface area contributed by atoms with Crippen molar-refractivity contribution >= 4 is 17.8 Å². The lowest BCUT2D eigenvalue weighted by Crippen LogP contribution is -2.41. The quantitative estimate of drug-likeness (QED) is 0.367. The van der Waals surface area contributed by atoms with E-state index in [-0.39, 0.29) is 17.8 Å². The van der Waals surface area contributed by atoms with Crippen LogP contribution in [-0.2, 0) is 4.79 Å². The average molecular weight is 240 g/mol. The fraction of sp³-hybridized carbons (Fsp3) is 0.700. The lowest BCUT2D eigenvalue weighted by Gasteiger charge is -2.32. The van der Waals surface area contributed by atoms with Crippen molar-refractivity contribution in [3.8, 4) is 0 Å². The van der Waals surface area contributed by atoms with Gasteiger partial charge in [-0.05, 0) is 18.8 Å². The largest absolute Gasteiger partial charge is 0.370 e. The molecule has 6 N–H and O–H groups in total. The van der Waals surface area contributed by atoms with Crippen molar-refractivity contribution < 1.29 is 4.79 Å². The van der Waals surface area contributed by atoms with E-state index in [2.05, 4.69) is 10.3 Å². The molecule has 1 amide bonds. The molecule has 0 radical (unpaired) electrons. The van der Waals surface area contributed by atoms with Gasteiger partial charge in [0.05, 0.1) is 0 Å². The second-order valence-electron chi connectivity index (χ2n) is 4.23. The van der Waals surface area contributed by atoms with Crippen LogP contribution in [0.2, 0.25) is 0 Å². The van der Waals surface area contributed by atoms with Crippen LogP contribution >= 0.6 is 0 Å². The number of hydrogen-bond acceptors (Lipinski definition) is 2. The van der Waals surface area contributed by atoms with E-state index < -0.39 is 0 Å². The van der Waals surface area contributed by atoms with Crippen molar-refractivity contribution in [2.45, 2.75) is 19.8 Å². The first kappa shape index (κ1) is 13.3. The first-order valence-electron chi connectivity index (χ1n) is 5.66. The van der Waals surface area contributed by atoms with Gasteiger partial charge in [0.15, 0.2) is 5.96 Å². The lowest BCUT2D eigenvalue weighted by molar-refractivity contribution is -0.119. The molecule has 96 valence electrons. The number of aliphatic imine (C=N–C) groups is 1. The Morgan fingerprint density at radius 2 is 2.06 bits per heavy atom. The van der Waals surface area contributed by atoms with Gasteiger partial charge in [-0.2, -0.15) is 4.99 Å². The predicted octanol–water partition coefficient (Wildman–Crippen LogP) is -0.957. The molecule has 17 heavy (non-hydrogen) atoms. The Labute approximate surface area is 101 Å². The standard InChI is InChI=1S/C10H20N6O/c1-7(17)14-6-8-2-4-16(5-3-8)10(13)15-9(11)12/h8H,2-6H2,1H3,(H,14,17)(H5,11,12,13,15). The highest BCUT2D eigenvalue weighted by Crippen LogP contribution is 2.16. The number of hydrogen-bond donors (Lipinski definition) is 4. The third-order valence-electron chi connectivity index (χ3n) is 2.79. The zero-order chi connectivity index (χ0) is 12.8. The molecule has 0 aromatic heterocycles. The molecule has 1 rings (SSSR count). The molecule has 0 aliphatic carbocycles. The van der Waals surface area contributed by atoms with Crippen LogP contribution in [-0.4, -0.2) is 42.4 Å². The number of rotatable bonds is 2. The van der Waals surface area contributed by atoms with Crippen molar-refractivity contribution in [1.29, 1.82) is 5.41 Å². The third kappa shape index (κ3) is 4.71. The molecule has 0 saturated carbocycles. The van der Waals surface area contributed by atoms with E-state index in [9.17, 15) is 4.79 Å². The molecular formula is C10H20N6O. The lowest BCUT2D eigenvalue weighted by atomic mass is 9.97. The molecule has 1 saturated heterocycles. The summed E-state index contributed by atoms with van der Waals surface area (Å²) in [6, 6.07) is 0. The second kappa shape index (κ2) is 6.07. The minimum Gasteiger partial charge on any atom is -0.370 e. The van der Waals surface area contributed by atoms with E-state index in [4.69, 9.17) is 16.9 Å². The number of likely N-dealkylation sites (tertiary alicyclic amines) is 1. The zero-order valence-corrected chi connectivity index (χ0v) is 10.1. The molecule has 0 atom stereocenters. The van der Waals surface area contributed by atoms with Gasteiger partial charge in [-0.15, -0.1) is 0 Å². The highest BCUT2D eigenvalue weighted by atomic mass is 16.1. The highest BCUT2D eigenvalue weighted by Gasteiger charge is 2.20. The zero-order valence-electron chi connectivity index (χ0n) is 10.1. The van der Waals surface area contributed by atoms with Crippen molar-refractivity contribution in [2.24, 2.45) is 22.4 Å². The monoisotopic (exact) mass is 240 g/mol. The van der Waals surface area contributed by atoms with E-state index in [0.29, 0.717) is 12.5 Å². The van der Waals surface area contributed by atoms with Gasteiger partial charge in [0.25, 0.3) is 0 Å². The average Bonchev–Trinajstić information content (AvgIpc) is 2.26. The fourth-order valence-electron chi connectivity index (χ4n) is 1.83. The maximum atomic E-state index is 10.8. The predicted molar refractivity (Wildman–Crippen MR) is 66.5 cm³/mol. The molecule has 7 heteroatoms. The summed E-state index contributed by atoms with van der Waals surface area (Å²) >= 11 is 0. The first-order valence-corrected chi connectivity index (χ1v) is 5.66. The summed E-state index contributed by atoms with van der Waals surface area (Å²) in [7, 11) is 0. The summed E-state index contributed by atoms with van der Waals surface area (Å²) in [5.41, 5.74) is 10.4. The van der Waals surface area contributed by atoms with E-state index >= 15 is 0 Å². The number of guanidine groups is 2. The van der Waals surface area contributed by atoms with Crippen molar-refractivity contribution in [1.82, 2.24) is 10.2 Å². The van der Waals surface area contributed by atoms with Gasteiger partial charge in [0.1, 0.15) is 0 Å². The summed E-state index contributed by atoms with van der Waals surface area (Å²) in [6.07, 6.45) is 1.87. The Kier molecular flexibility index (Phi) is 4.74. The summed E-state index contributed by atoms with van der Waals surface area (Å²) in [4.78, 5) is 16.3. The van der Waals surface area contributed by atoms with Gasteiger partial charge < -0.3 is 21.7 Å². The summed E-state index contributed by atoms with van der Waals surface area (Å²) in [6.45, 7) is 3.72. The van der Waals surface area contributed by atoms with E-state index in [1.807, 2.05) is 4.90 Å². The van der Waals surface area contributed by atoms with Gasteiger partial charge in [-0.3, -0.25) is 10.2 Å². The number of piperidine rings is 1. The van der Waals surface area contributed by atoms with Crippen LogP contribution in [0.25, 0.3) is 0 Å². The minimum atomic E-state index is -0.0876.